The van der Waals surface area contributed by atoms with Gasteiger partial charge in [-0.3, -0.25) is 9.59 Å². The fraction of sp³-hybridized carbons (Fsp3) is 0.722. The molecule has 0 spiro atoms. The number of amides is 2. The van der Waals surface area contributed by atoms with Gasteiger partial charge in [-0.25, -0.2) is 4.68 Å². The van der Waals surface area contributed by atoms with E-state index in [1.165, 1.54) is 0 Å². The third kappa shape index (κ3) is 4.14. The maximum absolute atomic E-state index is 12.9. The smallest absolute Gasteiger partial charge is 0.228 e. The Morgan fingerprint density at radius 2 is 1.84 bits per heavy atom. The number of aryl methyl sites for hydroxylation is 1. The highest BCUT2D eigenvalue weighted by Gasteiger charge is 2.37. The first-order valence-corrected chi connectivity index (χ1v) is 9.28. The Morgan fingerprint density at radius 3 is 2.52 bits per heavy atom. The van der Waals surface area contributed by atoms with E-state index in [2.05, 4.69) is 21.0 Å². The van der Waals surface area contributed by atoms with Gasteiger partial charge in [0.1, 0.15) is 11.5 Å². The molecule has 7 heteroatoms. The Hall–Kier alpha value is -2.05. The number of aromatic nitrogens is 2. The molecule has 0 radical (unpaired) electrons. The van der Waals surface area contributed by atoms with Gasteiger partial charge in [-0.15, -0.1) is 0 Å². The molecule has 1 saturated carbocycles. The quantitative estimate of drug-likeness (QED) is 0.783. The second kappa shape index (κ2) is 7.06. The molecule has 1 aromatic heterocycles. The van der Waals surface area contributed by atoms with E-state index < -0.39 is 0 Å². The number of hydrogen-bond acceptors (Lipinski definition) is 4. The van der Waals surface area contributed by atoms with E-state index in [1.54, 1.807) is 6.20 Å². The summed E-state index contributed by atoms with van der Waals surface area (Å²) in [5.41, 5.74) is 0.426. The molecule has 25 heavy (non-hydrogen) atoms. The number of nitrogens with one attached hydrogen (secondary N) is 3. The number of carbonyl (C=O) groups excluding carboxylic acids is 2. The summed E-state index contributed by atoms with van der Waals surface area (Å²) >= 11 is 0. The summed E-state index contributed by atoms with van der Waals surface area (Å²) in [6, 6.07) is 0. The minimum Gasteiger partial charge on any atom is -0.368 e. The molecule has 1 fully saturated rings. The van der Waals surface area contributed by atoms with Crippen molar-refractivity contribution in [3.63, 3.8) is 0 Å². The van der Waals surface area contributed by atoms with Crippen molar-refractivity contribution >= 4 is 23.3 Å². The Kier molecular flexibility index (Phi) is 5.01. The van der Waals surface area contributed by atoms with Crippen LogP contribution in [0.15, 0.2) is 6.20 Å². The molecule has 1 aliphatic heterocycles. The maximum atomic E-state index is 12.9. The molecule has 0 saturated heterocycles. The summed E-state index contributed by atoms with van der Waals surface area (Å²) in [7, 11) is 0. The molecule has 2 atom stereocenters. The molecule has 3 N–H and O–H groups in total. The topological polar surface area (TPSA) is 88.1 Å². The first kappa shape index (κ1) is 17.8. The summed E-state index contributed by atoms with van der Waals surface area (Å²) in [4.78, 5) is 25.5. The van der Waals surface area contributed by atoms with Crippen molar-refractivity contribution in [3.05, 3.63) is 6.20 Å². The lowest BCUT2D eigenvalue weighted by molar-refractivity contribution is -0.135. The van der Waals surface area contributed by atoms with Gasteiger partial charge in [0.15, 0.2) is 0 Å². The fourth-order valence-electron chi connectivity index (χ4n) is 3.71. The zero-order chi connectivity index (χ0) is 18.0. The molecule has 2 heterocycles. The first-order chi connectivity index (χ1) is 11.8. The second-order valence-electron chi connectivity index (χ2n) is 8.14. The number of carbonyl (C=O) groups is 2. The van der Waals surface area contributed by atoms with E-state index >= 15 is 0 Å². The van der Waals surface area contributed by atoms with E-state index in [0.29, 0.717) is 5.69 Å². The highest BCUT2D eigenvalue weighted by atomic mass is 16.2. The Labute approximate surface area is 148 Å². The van der Waals surface area contributed by atoms with Crippen LogP contribution in [0, 0.1) is 11.8 Å². The van der Waals surface area contributed by atoms with Gasteiger partial charge in [0.2, 0.25) is 11.8 Å². The highest BCUT2D eigenvalue weighted by molar-refractivity contribution is 5.98. The Balaban J connectivity index is 1.70. The van der Waals surface area contributed by atoms with Crippen LogP contribution in [0.1, 0.15) is 52.9 Å². The van der Waals surface area contributed by atoms with Crippen LogP contribution in [0.25, 0.3) is 0 Å². The predicted octanol–water partition coefficient (Wildman–Crippen LogP) is 2.36. The summed E-state index contributed by atoms with van der Waals surface area (Å²) in [6.07, 6.45) is 6.23. The van der Waals surface area contributed by atoms with E-state index in [9.17, 15) is 9.59 Å². The van der Waals surface area contributed by atoms with Crippen molar-refractivity contribution < 1.29 is 9.59 Å². The van der Waals surface area contributed by atoms with Crippen LogP contribution in [0.4, 0.5) is 11.5 Å². The minimum absolute atomic E-state index is 0.0116. The van der Waals surface area contributed by atoms with E-state index in [0.717, 1.165) is 51.0 Å². The van der Waals surface area contributed by atoms with E-state index in [1.807, 2.05) is 25.5 Å². The van der Waals surface area contributed by atoms with E-state index in [-0.39, 0.29) is 29.2 Å². The van der Waals surface area contributed by atoms with Crippen molar-refractivity contribution in [1.29, 1.82) is 0 Å². The summed E-state index contributed by atoms with van der Waals surface area (Å²) < 4.78 is 1.88. The molecule has 1 aliphatic carbocycles. The average molecular weight is 347 g/mol. The van der Waals surface area contributed by atoms with Crippen LogP contribution < -0.4 is 16.0 Å². The average Bonchev–Trinajstić information content (AvgIpc) is 2.96. The lowest BCUT2D eigenvalue weighted by Gasteiger charge is -2.32. The van der Waals surface area contributed by atoms with Crippen LogP contribution in [0.5, 0.6) is 0 Å². The molecule has 2 amide bonds. The SMILES string of the molecule is CC(C)(C)NC(=O)[C@@H]1CCCC[C@@H]1C(=O)Nc1cnn2c1NCCC2. The van der Waals surface area contributed by atoms with Crippen molar-refractivity contribution in [2.24, 2.45) is 11.8 Å². The van der Waals surface area contributed by atoms with Crippen molar-refractivity contribution in [2.45, 2.75) is 65.0 Å². The lowest BCUT2D eigenvalue weighted by atomic mass is 9.77. The molecule has 0 aromatic carbocycles. The van der Waals surface area contributed by atoms with Gasteiger partial charge < -0.3 is 16.0 Å². The van der Waals surface area contributed by atoms with Crippen molar-refractivity contribution in [2.75, 3.05) is 17.2 Å². The number of hydrogen-bond donors (Lipinski definition) is 3. The maximum Gasteiger partial charge on any atom is 0.228 e. The van der Waals surface area contributed by atoms with Crippen LogP contribution in [0.3, 0.4) is 0 Å². The van der Waals surface area contributed by atoms with Crippen LogP contribution in [0.2, 0.25) is 0 Å². The lowest BCUT2D eigenvalue weighted by Crippen LogP contribution is -2.48. The van der Waals surface area contributed by atoms with Gasteiger partial charge in [-0.2, -0.15) is 5.10 Å². The number of rotatable bonds is 3. The standard InChI is InChI=1S/C18H29N5O2/c1-18(2,3)22-17(25)13-8-5-4-7-12(13)16(24)21-14-11-20-23-10-6-9-19-15(14)23/h11-13,19H,4-10H2,1-3H3,(H,21,24)(H,22,25)/t12-,13+/m0/s1. The number of fused-ring (bicyclic) bond motifs is 1. The van der Waals surface area contributed by atoms with Gasteiger partial charge in [-0.1, -0.05) is 12.8 Å². The second-order valence-corrected chi connectivity index (χ2v) is 8.14. The molecule has 2 aliphatic rings. The molecular weight excluding hydrogens is 318 g/mol. The minimum atomic E-state index is -0.287. The third-order valence-electron chi connectivity index (χ3n) is 4.87. The third-order valence-corrected chi connectivity index (χ3v) is 4.87. The molecule has 138 valence electrons. The molecule has 3 rings (SSSR count). The molecule has 0 unspecified atom stereocenters. The summed E-state index contributed by atoms with van der Waals surface area (Å²) in [5.74, 6) is 0.244. The molecule has 0 bridgehead atoms. The number of anilines is 2. The van der Waals surface area contributed by atoms with Crippen LogP contribution in [-0.2, 0) is 16.1 Å². The largest absolute Gasteiger partial charge is 0.368 e. The summed E-state index contributed by atoms with van der Waals surface area (Å²) in [5, 5.41) is 13.6. The zero-order valence-electron chi connectivity index (χ0n) is 15.4. The van der Waals surface area contributed by atoms with Crippen molar-refractivity contribution in [1.82, 2.24) is 15.1 Å². The summed E-state index contributed by atoms with van der Waals surface area (Å²) in [6.45, 7) is 7.64. The van der Waals surface area contributed by atoms with Gasteiger partial charge >= 0.3 is 0 Å². The first-order valence-electron chi connectivity index (χ1n) is 9.28. The normalized spacial score (nSPS) is 23.3. The van der Waals surface area contributed by atoms with Gasteiger partial charge in [0, 0.05) is 30.5 Å². The van der Waals surface area contributed by atoms with Gasteiger partial charge in [0.05, 0.1) is 6.20 Å². The van der Waals surface area contributed by atoms with Crippen LogP contribution >= 0.6 is 0 Å². The predicted molar refractivity (Wildman–Crippen MR) is 97.3 cm³/mol. The molecule has 7 nitrogen and oxygen atoms in total. The Morgan fingerprint density at radius 1 is 1.16 bits per heavy atom. The fourth-order valence-corrected chi connectivity index (χ4v) is 3.71. The highest BCUT2D eigenvalue weighted by Crippen LogP contribution is 2.33. The van der Waals surface area contributed by atoms with Gasteiger partial charge in [-0.05, 0) is 40.0 Å². The zero-order valence-corrected chi connectivity index (χ0v) is 15.4. The molecule has 1 aromatic rings. The van der Waals surface area contributed by atoms with Gasteiger partial charge in [0.25, 0.3) is 0 Å². The Bertz CT molecular complexity index is 646. The number of nitrogens with zero attached hydrogens (tertiary/aromatic N) is 2. The molecular formula is C18H29N5O2. The monoisotopic (exact) mass is 347 g/mol. The van der Waals surface area contributed by atoms with Crippen molar-refractivity contribution in [3.8, 4) is 0 Å². The van der Waals surface area contributed by atoms with Crippen LogP contribution in [-0.4, -0.2) is 33.7 Å². The van der Waals surface area contributed by atoms with E-state index in [4.69, 9.17) is 0 Å².